The summed E-state index contributed by atoms with van der Waals surface area (Å²) < 4.78 is 0. The van der Waals surface area contributed by atoms with E-state index in [1.165, 1.54) is 51.5 Å². The number of rotatable bonds is 6. The van der Waals surface area contributed by atoms with Crippen molar-refractivity contribution in [1.82, 2.24) is 5.32 Å². The molecule has 0 spiro atoms. The first-order chi connectivity index (χ1) is 7.31. The first-order valence-corrected chi connectivity index (χ1v) is 7.04. The Morgan fingerprint density at radius 2 is 2.00 bits per heavy atom. The van der Waals surface area contributed by atoms with Gasteiger partial charge in [-0.3, -0.25) is 0 Å². The van der Waals surface area contributed by atoms with Crippen LogP contribution in [0.5, 0.6) is 0 Å². The largest absolute Gasteiger partial charge is 0.314 e. The molecule has 0 bridgehead atoms. The Balaban J connectivity index is 1.75. The van der Waals surface area contributed by atoms with E-state index in [0.717, 1.165) is 23.8 Å². The van der Waals surface area contributed by atoms with Crippen LogP contribution in [0.4, 0.5) is 0 Å². The summed E-state index contributed by atoms with van der Waals surface area (Å²) in [6, 6.07) is 0.896. The molecule has 1 N–H and O–H groups in total. The van der Waals surface area contributed by atoms with E-state index < -0.39 is 0 Å². The van der Waals surface area contributed by atoms with Gasteiger partial charge in [-0.05, 0) is 50.0 Å². The van der Waals surface area contributed by atoms with Crippen molar-refractivity contribution in [3.8, 4) is 0 Å². The average Bonchev–Trinajstić information content (AvgIpc) is 2.93. The lowest BCUT2D eigenvalue weighted by atomic mass is 9.82. The minimum absolute atomic E-state index is 0.896. The van der Waals surface area contributed by atoms with E-state index in [0.29, 0.717) is 0 Å². The molecule has 0 aromatic carbocycles. The summed E-state index contributed by atoms with van der Waals surface area (Å²) in [5.41, 5.74) is 0. The Morgan fingerprint density at radius 3 is 2.67 bits per heavy atom. The third-order valence-electron chi connectivity index (χ3n) is 4.44. The van der Waals surface area contributed by atoms with Crippen LogP contribution in [-0.4, -0.2) is 12.6 Å². The molecule has 1 nitrogen and oxygen atoms in total. The summed E-state index contributed by atoms with van der Waals surface area (Å²) in [4.78, 5) is 0. The first kappa shape index (κ1) is 11.4. The normalized spacial score (nSPS) is 33.2. The quantitative estimate of drug-likeness (QED) is 0.705. The third-order valence-corrected chi connectivity index (χ3v) is 4.44. The number of hydrogen-bond acceptors (Lipinski definition) is 1. The Bertz CT molecular complexity index is 186. The summed E-state index contributed by atoms with van der Waals surface area (Å²) in [7, 11) is 0. The number of hydrogen-bond donors (Lipinski definition) is 1. The summed E-state index contributed by atoms with van der Waals surface area (Å²) >= 11 is 0. The van der Waals surface area contributed by atoms with Gasteiger partial charge in [0.25, 0.3) is 0 Å². The second-order valence-electron chi connectivity index (χ2n) is 5.80. The zero-order valence-electron chi connectivity index (χ0n) is 10.5. The van der Waals surface area contributed by atoms with Crippen LogP contribution in [0.2, 0.25) is 0 Å². The lowest BCUT2D eigenvalue weighted by Crippen LogP contribution is -2.29. The van der Waals surface area contributed by atoms with Gasteiger partial charge in [0.15, 0.2) is 0 Å². The highest BCUT2D eigenvalue weighted by atomic mass is 14.9. The molecule has 3 unspecified atom stereocenters. The van der Waals surface area contributed by atoms with Crippen molar-refractivity contribution in [2.75, 3.05) is 6.54 Å². The van der Waals surface area contributed by atoms with Gasteiger partial charge >= 0.3 is 0 Å². The molecular formula is C14H27N. The molecule has 2 saturated carbocycles. The van der Waals surface area contributed by atoms with Crippen LogP contribution in [0.3, 0.4) is 0 Å². The van der Waals surface area contributed by atoms with Crippen LogP contribution in [0, 0.1) is 17.8 Å². The van der Waals surface area contributed by atoms with Crippen LogP contribution in [0.15, 0.2) is 0 Å². The average molecular weight is 209 g/mol. The molecule has 2 fully saturated rings. The predicted molar refractivity (Wildman–Crippen MR) is 65.9 cm³/mol. The Hall–Kier alpha value is -0.0400. The SMILES string of the molecule is CCCC(C)C1CCCC1CNC1CC1. The molecule has 0 aliphatic heterocycles. The van der Waals surface area contributed by atoms with Gasteiger partial charge in [0.2, 0.25) is 0 Å². The van der Waals surface area contributed by atoms with Crippen molar-refractivity contribution in [3.05, 3.63) is 0 Å². The van der Waals surface area contributed by atoms with Gasteiger partial charge in [-0.15, -0.1) is 0 Å². The van der Waals surface area contributed by atoms with Crippen LogP contribution < -0.4 is 5.32 Å². The maximum Gasteiger partial charge on any atom is 0.00683 e. The Kier molecular flexibility index (Phi) is 4.07. The minimum atomic E-state index is 0.896. The molecule has 2 aliphatic rings. The molecule has 0 amide bonds. The van der Waals surface area contributed by atoms with Crippen LogP contribution in [-0.2, 0) is 0 Å². The number of nitrogens with one attached hydrogen (secondary N) is 1. The zero-order chi connectivity index (χ0) is 10.7. The predicted octanol–water partition coefficient (Wildman–Crippen LogP) is 3.59. The molecule has 15 heavy (non-hydrogen) atoms. The molecule has 3 atom stereocenters. The molecule has 2 aliphatic carbocycles. The van der Waals surface area contributed by atoms with E-state index in [1.807, 2.05) is 0 Å². The van der Waals surface area contributed by atoms with Gasteiger partial charge in [-0.25, -0.2) is 0 Å². The molecular weight excluding hydrogens is 182 g/mol. The minimum Gasteiger partial charge on any atom is -0.314 e. The van der Waals surface area contributed by atoms with Crippen molar-refractivity contribution in [3.63, 3.8) is 0 Å². The monoisotopic (exact) mass is 209 g/mol. The van der Waals surface area contributed by atoms with E-state index >= 15 is 0 Å². The first-order valence-electron chi connectivity index (χ1n) is 7.04. The van der Waals surface area contributed by atoms with E-state index in [4.69, 9.17) is 0 Å². The maximum atomic E-state index is 3.73. The van der Waals surface area contributed by atoms with Gasteiger partial charge in [0.05, 0.1) is 0 Å². The fourth-order valence-corrected chi connectivity index (χ4v) is 3.34. The molecule has 0 aromatic heterocycles. The molecule has 0 radical (unpaired) electrons. The smallest absolute Gasteiger partial charge is 0.00683 e. The Morgan fingerprint density at radius 1 is 1.20 bits per heavy atom. The fourth-order valence-electron chi connectivity index (χ4n) is 3.34. The van der Waals surface area contributed by atoms with Gasteiger partial charge < -0.3 is 5.32 Å². The van der Waals surface area contributed by atoms with Crippen LogP contribution >= 0.6 is 0 Å². The van der Waals surface area contributed by atoms with Crippen LogP contribution in [0.1, 0.15) is 58.8 Å². The molecule has 0 saturated heterocycles. The van der Waals surface area contributed by atoms with E-state index in [1.54, 1.807) is 0 Å². The van der Waals surface area contributed by atoms with Gasteiger partial charge in [-0.1, -0.05) is 33.1 Å². The summed E-state index contributed by atoms with van der Waals surface area (Å²) in [5.74, 6) is 2.98. The van der Waals surface area contributed by atoms with Crippen molar-refractivity contribution in [1.29, 1.82) is 0 Å². The van der Waals surface area contributed by atoms with Crippen LogP contribution in [0.25, 0.3) is 0 Å². The maximum absolute atomic E-state index is 3.73. The summed E-state index contributed by atoms with van der Waals surface area (Å²) in [6.07, 6.45) is 10.1. The highest BCUT2D eigenvalue weighted by Gasteiger charge is 2.32. The van der Waals surface area contributed by atoms with Crippen molar-refractivity contribution < 1.29 is 0 Å². The molecule has 0 heterocycles. The summed E-state index contributed by atoms with van der Waals surface area (Å²) in [5, 5.41) is 3.73. The lowest BCUT2D eigenvalue weighted by Gasteiger charge is -2.26. The standard InChI is InChI=1S/C14H27N/c1-3-5-11(2)14-7-4-6-12(14)10-15-13-8-9-13/h11-15H,3-10H2,1-2H3. The second-order valence-corrected chi connectivity index (χ2v) is 5.80. The summed E-state index contributed by atoms with van der Waals surface area (Å²) in [6.45, 7) is 6.11. The van der Waals surface area contributed by atoms with Gasteiger partial charge in [0, 0.05) is 6.04 Å². The molecule has 1 heteroatoms. The Labute approximate surface area is 95.0 Å². The van der Waals surface area contributed by atoms with E-state index in [-0.39, 0.29) is 0 Å². The highest BCUT2D eigenvalue weighted by Crippen LogP contribution is 2.38. The zero-order valence-corrected chi connectivity index (χ0v) is 10.5. The third kappa shape index (κ3) is 3.21. The van der Waals surface area contributed by atoms with E-state index in [9.17, 15) is 0 Å². The second kappa shape index (κ2) is 5.34. The lowest BCUT2D eigenvalue weighted by molar-refractivity contribution is 0.256. The fraction of sp³-hybridized carbons (Fsp3) is 1.00. The van der Waals surface area contributed by atoms with E-state index in [2.05, 4.69) is 19.2 Å². The van der Waals surface area contributed by atoms with Crippen molar-refractivity contribution in [2.45, 2.75) is 64.8 Å². The van der Waals surface area contributed by atoms with Crippen molar-refractivity contribution >= 4 is 0 Å². The van der Waals surface area contributed by atoms with Gasteiger partial charge in [-0.2, -0.15) is 0 Å². The van der Waals surface area contributed by atoms with Crippen molar-refractivity contribution in [2.24, 2.45) is 17.8 Å². The topological polar surface area (TPSA) is 12.0 Å². The molecule has 2 rings (SSSR count). The molecule has 0 aromatic rings. The highest BCUT2D eigenvalue weighted by molar-refractivity contribution is 4.86. The van der Waals surface area contributed by atoms with Gasteiger partial charge in [0.1, 0.15) is 0 Å². The molecule has 88 valence electrons.